The van der Waals surface area contributed by atoms with E-state index in [1.54, 1.807) is 11.7 Å². The normalized spacial score (nSPS) is 11.1. The Kier molecular flexibility index (Phi) is 6.18. The Bertz CT molecular complexity index is 1340. The molecule has 31 heavy (non-hydrogen) atoms. The Hall–Kier alpha value is -3.39. The summed E-state index contributed by atoms with van der Waals surface area (Å²) in [7, 11) is 1.60. The van der Waals surface area contributed by atoms with Crippen molar-refractivity contribution in [2.24, 2.45) is 0 Å². The molecule has 0 aliphatic rings. The number of unbranched alkanes of at least 4 members (excludes halogenated alkanes) is 1. The maximum absolute atomic E-state index is 13.0. The number of carbonyl (C=O) groups excluding carboxylic acids is 1. The zero-order valence-corrected chi connectivity index (χ0v) is 18.1. The molecular weight excluding hydrogens is 412 g/mol. The lowest BCUT2D eigenvalue weighted by atomic mass is 10.2. The Morgan fingerprint density at radius 1 is 1.10 bits per heavy atom. The molecule has 0 fully saturated rings. The molecule has 0 atom stereocenters. The van der Waals surface area contributed by atoms with E-state index in [-0.39, 0.29) is 11.5 Å². The third kappa shape index (κ3) is 4.54. The average Bonchev–Trinajstić information content (AvgIpc) is 3.15. The summed E-state index contributed by atoms with van der Waals surface area (Å²) in [6, 6.07) is 15.4. The highest BCUT2D eigenvalue weighted by molar-refractivity contribution is 7.71. The first kappa shape index (κ1) is 20.9. The van der Waals surface area contributed by atoms with Gasteiger partial charge in [-0.2, -0.15) is 0 Å². The summed E-state index contributed by atoms with van der Waals surface area (Å²) in [6.45, 7) is 0.973. The fraction of sp³-hybridized carbons (Fsp3) is 0.261. The van der Waals surface area contributed by atoms with Gasteiger partial charge in [0.05, 0.1) is 12.6 Å². The molecule has 4 aromatic rings. The van der Waals surface area contributed by atoms with Crippen LogP contribution in [0.2, 0.25) is 0 Å². The summed E-state index contributed by atoms with van der Waals surface area (Å²) in [5.74, 6) is 0.712. The summed E-state index contributed by atoms with van der Waals surface area (Å²) in [5.41, 5.74) is 2.91. The van der Waals surface area contributed by atoms with E-state index in [1.165, 1.54) is 0 Å². The van der Waals surface area contributed by atoms with E-state index in [2.05, 4.69) is 15.3 Å². The van der Waals surface area contributed by atoms with Crippen LogP contribution in [-0.4, -0.2) is 27.6 Å². The number of amides is 1. The Morgan fingerprint density at radius 3 is 2.68 bits per heavy atom. The van der Waals surface area contributed by atoms with Gasteiger partial charge in [-0.05, 0) is 48.8 Å². The first-order valence-corrected chi connectivity index (χ1v) is 10.6. The van der Waals surface area contributed by atoms with Gasteiger partial charge >= 0.3 is 0 Å². The number of aromatic amines is 2. The topological polar surface area (TPSA) is 91.9 Å². The Balaban J connectivity index is 1.40. The maximum Gasteiger partial charge on any atom is 0.278 e. The van der Waals surface area contributed by atoms with E-state index in [4.69, 9.17) is 17.0 Å². The molecule has 1 amide bonds. The number of hydrogen-bond donors (Lipinski definition) is 3. The summed E-state index contributed by atoms with van der Waals surface area (Å²) in [5, 5.41) is 3.78. The largest absolute Gasteiger partial charge is 0.497 e. The number of aromatic nitrogens is 3. The van der Waals surface area contributed by atoms with Crippen LogP contribution in [0.5, 0.6) is 5.75 Å². The highest BCUT2D eigenvalue weighted by Gasteiger charge is 2.12. The van der Waals surface area contributed by atoms with Crippen LogP contribution < -0.4 is 15.6 Å². The quantitative estimate of drug-likeness (QED) is 0.287. The third-order valence-corrected chi connectivity index (χ3v) is 5.63. The van der Waals surface area contributed by atoms with Gasteiger partial charge in [0, 0.05) is 30.4 Å². The first-order valence-electron chi connectivity index (χ1n) is 10.2. The second kappa shape index (κ2) is 9.18. The SMILES string of the molecule is COc1ccc2[nH]c3c(=O)n(CCCCC(=O)NCc4ccccc4)c(=S)[nH]c3c2c1. The number of nitrogens with one attached hydrogen (secondary N) is 3. The minimum absolute atomic E-state index is 0.00127. The molecule has 160 valence electrons. The van der Waals surface area contributed by atoms with Gasteiger partial charge in [-0.25, -0.2) is 0 Å². The summed E-state index contributed by atoms with van der Waals surface area (Å²) >= 11 is 5.44. The first-order chi connectivity index (χ1) is 15.1. The minimum atomic E-state index is -0.164. The Morgan fingerprint density at radius 2 is 1.90 bits per heavy atom. The number of carbonyl (C=O) groups is 1. The molecule has 8 heteroatoms. The van der Waals surface area contributed by atoms with Crippen molar-refractivity contribution < 1.29 is 9.53 Å². The molecule has 0 bridgehead atoms. The molecule has 2 heterocycles. The molecule has 0 radical (unpaired) electrons. The number of H-pyrrole nitrogens is 2. The van der Waals surface area contributed by atoms with E-state index in [0.717, 1.165) is 16.5 Å². The van der Waals surface area contributed by atoms with Gasteiger partial charge in [0.1, 0.15) is 11.3 Å². The van der Waals surface area contributed by atoms with Crippen molar-refractivity contribution in [3.05, 3.63) is 69.2 Å². The van der Waals surface area contributed by atoms with E-state index in [0.29, 0.717) is 53.9 Å². The van der Waals surface area contributed by atoms with Crippen molar-refractivity contribution in [3.8, 4) is 5.75 Å². The smallest absolute Gasteiger partial charge is 0.278 e. The highest BCUT2D eigenvalue weighted by atomic mass is 32.1. The van der Waals surface area contributed by atoms with E-state index in [1.807, 2.05) is 48.5 Å². The van der Waals surface area contributed by atoms with Crippen LogP contribution in [0.15, 0.2) is 53.3 Å². The molecule has 2 aromatic heterocycles. The lowest BCUT2D eigenvalue weighted by Gasteiger charge is -2.07. The van der Waals surface area contributed by atoms with Gasteiger partial charge in [0.25, 0.3) is 5.56 Å². The van der Waals surface area contributed by atoms with Gasteiger partial charge < -0.3 is 20.0 Å². The average molecular weight is 437 g/mol. The number of ether oxygens (including phenoxy) is 1. The number of rotatable bonds is 8. The molecule has 2 aromatic carbocycles. The van der Waals surface area contributed by atoms with Crippen molar-refractivity contribution >= 4 is 40.1 Å². The number of methoxy groups -OCH3 is 1. The molecular formula is C23H24N4O3S. The van der Waals surface area contributed by atoms with Crippen LogP contribution in [0.25, 0.3) is 21.9 Å². The summed E-state index contributed by atoms with van der Waals surface area (Å²) in [6.07, 6.45) is 1.76. The predicted molar refractivity (Wildman–Crippen MR) is 124 cm³/mol. The monoisotopic (exact) mass is 436 g/mol. The Labute approximate surface area is 184 Å². The van der Waals surface area contributed by atoms with E-state index in [9.17, 15) is 9.59 Å². The number of hydrogen-bond acceptors (Lipinski definition) is 4. The molecule has 3 N–H and O–H groups in total. The van der Waals surface area contributed by atoms with E-state index >= 15 is 0 Å². The predicted octanol–water partition coefficient (Wildman–Crippen LogP) is 4.04. The number of benzene rings is 2. The maximum atomic E-state index is 13.0. The molecule has 0 spiro atoms. The van der Waals surface area contributed by atoms with Gasteiger partial charge in [-0.3, -0.25) is 14.2 Å². The van der Waals surface area contributed by atoms with Crippen molar-refractivity contribution in [1.82, 2.24) is 19.9 Å². The minimum Gasteiger partial charge on any atom is -0.497 e. The van der Waals surface area contributed by atoms with Crippen molar-refractivity contribution in [2.45, 2.75) is 32.4 Å². The summed E-state index contributed by atoms with van der Waals surface area (Å²) < 4.78 is 7.20. The second-order valence-corrected chi connectivity index (χ2v) is 7.78. The van der Waals surface area contributed by atoms with Crippen molar-refractivity contribution in [1.29, 1.82) is 0 Å². The molecule has 7 nitrogen and oxygen atoms in total. The fourth-order valence-corrected chi connectivity index (χ4v) is 3.91. The third-order valence-electron chi connectivity index (χ3n) is 5.31. The highest BCUT2D eigenvalue weighted by Crippen LogP contribution is 2.25. The van der Waals surface area contributed by atoms with Crippen LogP contribution in [0.1, 0.15) is 24.8 Å². The lowest BCUT2D eigenvalue weighted by Crippen LogP contribution is -2.24. The van der Waals surface area contributed by atoms with Crippen LogP contribution in [0, 0.1) is 4.77 Å². The van der Waals surface area contributed by atoms with Crippen molar-refractivity contribution in [2.75, 3.05) is 7.11 Å². The van der Waals surface area contributed by atoms with Gasteiger partial charge in [0.2, 0.25) is 5.91 Å². The van der Waals surface area contributed by atoms with Crippen LogP contribution >= 0.6 is 12.2 Å². The van der Waals surface area contributed by atoms with Crippen LogP contribution in [-0.2, 0) is 17.9 Å². The molecule has 0 aliphatic carbocycles. The zero-order chi connectivity index (χ0) is 21.8. The van der Waals surface area contributed by atoms with Crippen LogP contribution in [0.3, 0.4) is 0 Å². The number of fused-ring (bicyclic) bond motifs is 3. The van der Waals surface area contributed by atoms with Crippen molar-refractivity contribution in [3.63, 3.8) is 0 Å². The standard InChI is InChI=1S/C23H24N4O3S/c1-30-16-10-11-18-17(13-16)20-21(25-18)22(29)27(23(31)26-20)12-6-5-9-19(28)24-14-15-7-3-2-4-8-15/h2-4,7-8,10-11,13,25H,5-6,9,12,14H2,1H3,(H,24,28)(H,26,31). The molecule has 0 aliphatic heterocycles. The molecule has 0 saturated carbocycles. The van der Waals surface area contributed by atoms with Crippen LogP contribution in [0.4, 0.5) is 0 Å². The molecule has 0 unspecified atom stereocenters. The molecule has 4 rings (SSSR count). The molecule has 0 saturated heterocycles. The fourth-order valence-electron chi connectivity index (χ4n) is 3.63. The van der Waals surface area contributed by atoms with Gasteiger partial charge in [-0.1, -0.05) is 30.3 Å². The van der Waals surface area contributed by atoms with Gasteiger partial charge in [-0.15, -0.1) is 0 Å². The summed E-state index contributed by atoms with van der Waals surface area (Å²) in [4.78, 5) is 31.4. The van der Waals surface area contributed by atoms with E-state index < -0.39 is 0 Å². The van der Waals surface area contributed by atoms with Gasteiger partial charge in [0.15, 0.2) is 4.77 Å². The lowest BCUT2D eigenvalue weighted by molar-refractivity contribution is -0.121. The number of nitrogens with zero attached hydrogens (tertiary/aromatic N) is 1. The second-order valence-electron chi connectivity index (χ2n) is 7.39. The zero-order valence-electron chi connectivity index (χ0n) is 17.2.